The van der Waals surface area contributed by atoms with Crippen LogP contribution in [0.5, 0.6) is 0 Å². The fraction of sp³-hybridized carbons (Fsp3) is 0. The first kappa shape index (κ1) is 14.3. The quantitative estimate of drug-likeness (QED) is 0.700. The van der Waals surface area contributed by atoms with E-state index < -0.39 is 44.1 Å². The molecule has 0 aliphatic rings. The van der Waals surface area contributed by atoms with Gasteiger partial charge in [-0.25, -0.2) is 17.2 Å². The first-order chi connectivity index (χ1) is 9.29. The van der Waals surface area contributed by atoms with E-state index in [0.29, 0.717) is 18.2 Å². The van der Waals surface area contributed by atoms with E-state index >= 15 is 0 Å². The molecule has 0 aliphatic heterocycles. The van der Waals surface area contributed by atoms with Crippen molar-refractivity contribution in [3.8, 4) is 0 Å². The second-order valence-corrected chi connectivity index (χ2v) is 5.30. The molecule has 1 N–H and O–H groups in total. The standard InChI is InChI=1S/C11H6F4N2O2S/c12-6-1-2-7(13)9(5-6)20(18,19)17-8-3-4-10(14)16-11(8)15/h1-5,17H. The summed E-state index contributed by atoms with van der Waals surface area (Å²) in [6, 6.07) is 3.26. The van der Waals surface area contributed by atoms with Crippen molar-refractivity contribution in [2.24, 2.45) is 0 Å². The minimum Gasteiger partial charge on any atom is -0.275 e. The van der Waals surface area contributed by atoms with E-state index in [9.17, 15) is 26.0 Å². The summed E-state index contributed by atoms with van der Waals surface area (Å²) < 4.78 is 77.4. The summed E-state index contributed by atoms with van der Waals surface area (Å²) in [6.45, 7) is 0. The minimum atomic E-state index is -4.57. The molecule has 0 unspecified atom stereocenters. The highest BCUT2D eigenvalue weighted by molar-refractivity contribution is 7.92. The van der Waals surface area contributed by atoms with Crippen LogP contribution < -0.4 is 4.72 Å². The van der Waals surface area contributed by atoms with Gasteiger partial charge in [0.1, 0.15) is 22.2 Å². The van der Waals surface area contributed by atoms with E-state index in [1.165, 1.54) is 0 Å². The van der Waals surface area contributed by atoms with Gasteiger partial charge >= 0.3 is 0 Å². The molecule has 0 fully saturated rings. The zero-order chi connectivity index (χ0) is 14.9. The average molecular weight is 306 g/mol. The third-order valence-electron chi connectivity index (χ3n) is 2.24. The normalized spacial score (nSPS) is 11.4. The molecule has 106 valence electrons. The van der Waals surface area contributed by atoms with Gasteiger partial charge in [-0.3, -0.25) is 4.72 Å². The number of pyridine rings is 1. The molecule has 0 atom stereocenters. The number of halogens is 4. The summed E-state index contributed by atoms with van der Waals surface area (Å²) in [5.41, 5.74) is -0.685. The second kappa shape index (κ2) is 5.08. The fourth-order valence-corrected chi connectivity index (χ4v) is 2.52. The molecule has 20 heavy (non-hydrogen) atoms. The molecular formula is C11H6F4N2O2S. The van der Waals surface area contributed by atoms with Crippen LogP contribution in [0, 0.1) is 23.5 Å². The largest absolute Gasteiger partial charge is 0.275 e. The predicted octanol–water partition coefficient (Wildman–Crippen LogP) is 2.44. The summed E-state index contributed by atoms with van der Waals surface area (Å²) >= 11 is 0. The van der Waals surface area contributed by atoms with Gasteiger partial charge in [-0.2, -0.15) is 13.8 Å². The van der Waals surface area contributed by atoms with E-state index in [2.05, 4.69) is 4.98 Å². The van der Waals surface area contributed by atoms with Crippen LogP contribution >= 0.6 is 0 Å². The van der Waals surface area contributed by atoms with Crippen molar-refractivity contribution in [3.63, 3.8) is 0 Å². The summed E-state index contributed by atoms with van der Waals surface area (Å²) in [6.07, 6.45) is 0. The molecule has 0 saturated heterocycles. The van der Waals surface area contributed by atoms with Crippen LogP contribution in [-0.2, 0) is 10.0 Å². The molecule has 0 aliphatic carbocycles. The predicted molar refractivity (Wildman–Crippen MR) is 61.3 cm³/mol. The van der Waals surface area contributed by atoms with Gasteiger partial charge in [0.2, 0.25) is 11.9 Å². The van der Waals surface area contributed by atoms with Gasteiger partial charge in [0, 0.05) is 0 Å². The summed E-state index contributed by atoms with van der Waals surface area (Å²) in [5.74, 6) is -4.77. The SMILES string of the molecule is O=S(=O)(Nc1ccc(F)nc1F)c1cc(F)ccc1F. The summed E-state index contributed by atoms with van der Waals surface area (Å²) in [5, 5.41) is 0. The Kier molecular flexibility index (Phi) is 3.62. The number of aromatic nitrogens is 1. The topological polar surface area (TPSA) is 59.1 Å². The summed E-state index contributed by atoms with van der Waals surface area (Å²) in [4.78, 5) is 1.76. The van der Waals surface area contributed by atoms with Gasteiger partial charge in [0.05, 0.1) is 0 Å². The molecular weight excluding hydrogens is 300 g/mol. The van der Waals surface area contributed by atoms with Crippen molar-refractivity contribution >= 4 is 15.7 Å². The lowest BCUT2D eigenvalue weighted by molar-refractivity contribution is 0.515. The third-order valence-corrected chi connectivity index (χ3v) is 3.62. The molecule has 9 heteroatoms. The van der Waals surface area contributed by atoms with Gasteiger partial charge in [-0.1, -0.05) is 0 Å². The van der Waals surface area contributed by atoms with E-state index in [0.717, 1.165) is 12.1 Å². The molecule has 1 aromatic heterocycles. The Bertz CT molecular complexity index is 765. The highest BCUT2D eigenvalue weighted by atomic mass is 32.2. The zero-order valence-corrected chi connectivity index (χ0v) is 10.4. The first-order valence-corrected chi connectivity index (χ1v) is 6.58. The van der Waals surface area contributed by atoms with Crippen LogP contribution in [0.4, 0.5) is 23.2 Å². The van der Waals surface area contributed by atoms with E-state index in [1.807, 2.05) is 0 Å². The van der Waals surface area contributed by atoms with Crippen molar-refractivity contribution < 1.29 is 26.0 Å². The first-order valence-electron chi connectivity index (χ1n) is 5.09. The number of anilines is 1. The van der Waals surface area contributed by atoms with Crippen molar-refractivity contribution in [1.29, 1.82) is 0 Å². The van der Waals surface area contributed by atoms with Crippen LogP contribution in [-0.4, -0.2) is 13.4 Å². The maximum absolute atomic E-state index is 13.4. The monoisotopic (exact) mass is 306 g/mol. The van der Waals surface area contributed by atoms with Crippen LogP contribution in [0.1, 0.15) is 0 Å². The van der Waals surface area contributed by atoms with Gasteiger partial charge in [-0.05, 0) is 30.3 Å². The van der Waals surface area contributed by atoms with Gasteiger partial charge in [-0.15, -0.1) is 0 Å². The van der Waals surface area contributed by atoms with E-state index in [4.69, 9.17) is 0 Å². The van der Waals surface area contributed by atoms with Crippen LogP contribution in [0.25, 0.3) is 0 Å². The van der Waals surface area contributed by atoms with E-state index in [-0.39, 0.29) is 0 Å². The Morgan fingerprint density at radius 1 is 1.00 bits per heavy atom. The summed E-state index contributed by atoms with van der Waals surface area (Å²) in [7, 11) is -4.57. The molecule has 2 aromatic rings. The Morgan fingerprint density at radius 3 is 2.35 bits per heavy atom. The van der Waals surface area contributed by atoms with Crippen molar-refractivity contribution in [1.82, 2.24) is 4.98 Å². The highest BCUT2D eigenvalue weighted by Crippen LogP contribution is 2.21. The van der Waals surface area contributed by atoms with Gasteiger partial charge in [0.25, 0.3) is 10.0 Å². The Morgan fingerprint density at radius 2 is 1.70 bits per heavy atom. The highest BCUT2D eigenvalue weighted by Gasteiger charge is 2.22. The molecule has 1 heterocycles. The van der Waals surface area contributed by atoms with Crippen molar-refractivity contribution in [3.05, 3.63) is 53.9 Å². The number of nitrogens with zero attached hydrogens (tertiary/aromatic N) is 1. The van der Waals surface area contributed by atoms with Crippen LogP contribution in [0.2, 0.25) is 0 Å². The molecule has 0 spiro atoms. The minimum absolute atomic E-state index is 0.437. The number of hydrogen-bond donors (Lipinski definition) is 1. The maximum Gasteiger partial charge on any atom is 0.265 e. The van der Waals surface area contributed by atoms with Crippen molar-refractivity contribution in [2.45, 2.75) is 4.90 Å². The Labute approximate surface area is 111 Å². The number of sulfonamides is 1. The lowest BCUT2D eigenvalue weighted by Crippen LogP contribution is -2.16. The maximum atomic E-state index is 13.4. The lowest BCUT2D eigenvalue weighted by atomic mass is 10.3. The number of rotatable bonds is 3. The molecule has 1 aromatic carbocycles. The molecule has 0 saturated carbocycles. The molecule has 0 radical (unpaired) electrons. The molecule has 0 amide bonds. The smallest absolute Gasteiger partial charge is 0.265 e. The lowest BCUT2D eigenvalue weighted by Gasteiger charge is -2.09. The van der Waals surface area contributed by atoms with Crippen LogP contribution in [0.15, 0.2) is 35.2 Å². The zero-order valence-electron chi connectivity index (χ0n) is 9.57. The fourth-order valence-electron chi connectivity index (χ4n) is 1.37. The van der Waals surface area contributed by atoms with Crippen LogP contribution in [0.3, 0.4) is 0 Å². The number of nitrogens with one attached hydrogen (secondary N) is 1. The Hall–Kier alpha value is -2.16. The Balaban J connectivity index is 2.43. The second-order valence-electron chi connectivity index (χ2n) is 3.65. The molecule has 2 rings (SSSR count). The molecule has 0 bridgehead atoms. The van der Waals surface area contributed by atoms with Gasteiger partial charge < -0.3 is 0 Å². The van der Waals surface area contributed by atoms with Crippen molar-refractivity contribution in [2.75, 3.05) is 4.72 Å². The number of benzene rings is 1. The average Bonchev–Trinajstić information content (AvgIpc) is 2.35. The van der Waals surface area contributed by atoms with E-state index in [1.54, 1.807) is 4.72 Å². The van der Waals surface area contributed by atoms with Gasteiger partial charge in [0.15, 0.2) is 0 Å². The molecule has 4 nitrogen and oxygen atoms in total. The number of hydrogen-bond acceptors (Lipinski definition) is 3. The third kappa shape index (κ3) is 2.87.